The molecule has 0 radical (unpaired) electrons. The molecule has 0 spiro atoms. The maximum atomic E-state index is 13.2. The van der Waals surface area contributed by atoms with Gasteiger partial charge in [-0.2, -0.15) is 0 Å². The van der Waals surface area contributed by atoms with Gasteiger partial charge in [-0.25, -0.2) is 4.79 Å². The lowest BCUT2D eigenvalue weighted by Gasteiger charge is -2.31. The van der Waals surface area contributed by atoms with Gasteiger partial charge in [0.05, 0.1) is 13.2 Å². The van der Waals surface area contributed by atoms with Crippen LogP contribution in [0, 0.1) is 0 Å². The van der Waals surface area contributed by atoms with Gasteiger partial charge < -0.3 is 15.0 Å². The van der Waals surface area contributed by atoms with E-state index in [2.05, 4.69) is 15.6 Å². The Morgan fingerprint density at radius 2 is 1.73 bits per heavy atom. The van der Waals surface area contributed by atoms with Crippen LogP contribution in [0.15, 0.2) is 67.0 Å². The zero-order valence-electron chi connectivity index (χ0n) is 18.0. The van der Waals surface area contributed by atoms with Crippen molar-refractivity contribution in [1.82, 2.24) is 20.5 Å². The van der Waals surface area contributed by atoms with Crippen molar-refractivity contribution < 1.29 is 19.1 Å². The first kappa shape index (κ1) is 20.7. The number of fused-ring (bicyclic) bond motifs is 1. The second kappa shape index (κ2) is 8.05. The standard InChI is InChI=1S/C25H22N4O4/c1-2-33-20-8-5-18-14-29(22(30)21(18)13-20)15-25(23(31)27-24(32)28-25)19-6-3-16(4-7-19)17-9-11-26-12-10-17/h3-13H,2,14-15H2,1H3,(H2,27,28,31,32)/t25-/m0/s1. The van der Waals surface area contributed by atoms with Crippen molar-refractivity contribution in [2.45, 2.75) is 19.0 Å². The molecule has 1 atom stereocenters. The lowest BCUT2D eigenvalue weighted by Crippen LogP contribution is -2.52. The van der Waals surface area contributed by atoms with Crippen molar-refractivity contribution in [3.8, 4) is 16.9 Å². The Morgan fingerprint density at radius 1 is 1.00 bits per heavy atom. The number of hydrogen-bond acceptors (Lipinski definition) is 5. The Labute approximate surface area is 190 Å². The fraction of sp³-hybridized carbons (Fsp3) is 0.200. The van der Waals surface area contributed by atoms with E-state index in [-0.39, 0.29) is 12.5 Å². The van der Waals surface area contributed by atoms with Gasteiger partial charge in [0.2, 0.25) is 0 Å². The lowest BCUT2D eigenvalue weighted by molar-refractivity contribution is -0.124. The van der Waals surface area contributed by atoms with Gasteiger partial charge in [-0.1, -0.05) is 30.3 Å². The first-order valence-corrected chi connectivity index (χ1v) is 10.7. The minimum absolute atomic E-state index is 0.0106. The van der Waals surface area contributed by atoms with Crippen LogP contribution in [0.1, 0.15) is 28.4 Å². The number of imide groups is 1. The van der Waals surface area contributed by atoms with Crippen LogP contribution in [0.2, 0.25) is 0 Å². The smallest absolute Gasteiger partial charge is 0.322 e. The lowest BCUT2D eigenvalue weighted by atomic mass is 9.88. The highest BCUT2D eigenvalue weighted by Crippen LogP contribution is 2.33. The average molecular weight is 442 g/mol. The summed E-state index contributed by atoms with van der Waals surface area (Å²) in [6.45, 7) is 2.74. The molecule has 8 nitrogen and oxygen atoms in total. The van der Waals surface area contributed by atoms with Gasteiger partial charge in [0.25, 0.3) is 11.8 Å². The van der Waals surface area contributed by atoms with Gasteiger partial charge in [-0.3, -0.25) is 19.9 Å². The highest BCUT2D eigenvalue weighted by atomic mass is 16.5. The molecule has 1 fully saturated rings. The average Bonchev–Trinajstić information content (AvgIpc) is 3.30. The normalized spacial score (nSPS) is 19.3. The number of nitrogens with one attached hydrogen (secondary N) is 2. The maximum absolute atomic E-state index is 13.2. The third-order valence-electron chi connectivity index (χ3n) is 6.03. The van der Waals surface area contributed by atoms with Gasteiger partial charge in [0, 0.05) is 24.5 Å². The van der Waals surface area contributed by atoms with E-state index in [4.69, 9.17) is 4.74 Å². The summed E-state index contributed by atoms with van der Waals surface area (Å²) in [5.74, 6) is -0.0593. The molecule has 2 aliphatic rings. The molecule has 3 aromatic rings. The minimum atomic E-state index is -1.38. The van der Waals surface area contributed by atoms with Gasteiger partial charge >= 0.3 is 6.03 Å². The quantitative estimate of drug-likeness (QED) is 0.572. The first-order valence-electron chi connectivity index (χ1n) is 10.7. The molecule has 1 aromatic heterocycles. The van der Waals surface area contributed by atoms with Gasteiger partial charge in [0.1, 0.15) is 5.75 Å². The second-order valence-corrected chi connectivity index (χ2v) is 8.04. The maximum Gasteiger partial charge on any atom is 0.322 e. The molecule has 3 heterocycles. The predicted octanol–water partition coefficient (Wildman–Crippen LogP) is 2.84. The van der Waals surface area contributed by atoms with Crippen molar-refractivity contribution in [2.75, 3.05) is 13.2 Å². The molecule has 2 aliphatic heterocycles. The fourth-order valence-corrected chi connectivity index (χ4v) is 4.40. The molecule has 2 aromatic carbocycles. The number of amides is 4. The molecular formula is C25H22N4O4. The van der Waals surface area contributed by atoms with Crippen molar-refractivity contribution in [1.29, 1.82) is 0 Å². The number of carbonyl (C=O) groups excluding carboxylic acids is 3. The first-order chi connectivity index (χ1) is 16.0. The molecule has 4 amide bonds. The number of aromatic nitrogens is 1. The van der Waals surface area contributed by atoms with Gasteiger partial charge in [-0.15, -0.1) is 0 Å². The Hall–Kier alpha value is -4.20. The number of urea groups is 1. The largest absolute Gasteiger partial charge is 0.494 e. The number of hydrogen-bond donors (Lipinski definition) is 2. The van der Waals surface area contributed by atoms with E-state index in [0.717, 1.165) is 16.7 Å². The minimum Gasteiger partial charge on any atom is -0.494 e. The van der Waals surface area contributed by atoms with Crippen LogP contribution in [0.3, 0.4) is 0 Å². The molecule has 166 valence electrons. The van der Waals surface area contributed by atoms with Crippen LogP contribution in [-0.2, 0) is 16.9 Å². The zero-order valence-corrected chi connectivity index (χ0v) is 18.0. The highest BCUT2D eigenvalue weighted by molar-refractivity contribution is 6.08. The molecule has 0 unspecified atom stereocenters. The summed E-state index contributed by atoms with van der Waals surface area (Å²) in [5.41, 5.74) is 2.57. The number of benzene rings is 2. The van der Waals surface area contributed by atoms with Crippen molar-refractivity contribution >= 4 is 17.8 Å². The van der Waals surface area contributed by atoms with Gasteiger partial charge in [-0.05, 0) is 53.4 Å². The Kier molecular flexibility index (Phi) is 5.05. The summed E-state index contributed by atoms with van der Waals surface area (Å²) in [6, 6.07) is 16.0. The number of ether oxygens (including phenoxy) is 1. The van der Waals surface area contributed by atoms with E-state index in [0.29, 0.717) is 30.0 Å². The summed E-state index contributed by atoms with van der Waals surface area (Å²) in [5, 5.41) is 5.10. The number of nitrogens with zero attached hydrogens (tertiary/aromatic N) is 2. The molecule has 0 saturated carbocycles. The monoisotopic (exact) mass is 442 g/mol. The molecule has 1 saturated heterocycles. The number of rotatable bonds is 6. The van der Waals surface area contributed by atoms with Crippen LogP contribution in [0.5, 0.6) is 5.75 Å². The van der Waals surface area contributed by atoms with Crippen molar-refractivity contribution in [3.05, 3.63) is 83.7 Å². The van der Waals surface area contributed by atoms with Crippen molar-refractivity contribution in [2.24, 2.45) is 0 Å². The van der Waals surface area contributed by atoms with Crippen molar-refractivity contribution in [3.63, 3.8) is 0 Å². The Balaban J connectivity index is 1.46. The third kappa shape index (κ3) is 3.59. The fourth-order valence-electron chi connectivity index (χ4n) is 4.40. The van der Waals surface area contributed by atoms with E-state index in [1.165, 1.54) is 0 Å². The summed E-state index contributed by atoms with van der Waals surface area (Å²) in [6.07, 6.45) is 3.42. The van der Waals surface area contributed by atoms with E-state index >= 15 is 0 Å². The van der Waals surface area contributed by atoms with Crippen LogP contribution < -0.4 is 15.4 Å². The molecule has 2 N–H and O–H groups in total. The number of pyridine rings is 1. The predicted molar refractivity (Wildman–Crippen MR) is 120 cm³/mol. The van der Waals surface area contributed by atoms with Crippen LogP contribution in [0.25, 0.3) is 11.1 Å². The second-order valence-electron chi connectivity index (χ2n) is 8.04. The molecule has 33 heavy (non-hydrogen) atoms. The zero-order chi connectivity index (χ0) is 23.0. The SMILES string of the molecule is CCOc1ccc2c(c1)C(=O)N(C[C@@]1(c3ccc(-c4ccncc4)cc3)NC(=O)NC1=O)C2. The molecule has 0 bridgehead atoms. The van der Waals surface area contributed by atoms with E-state index in [9.17, 15) is 14.4 Å². The van der Waals surface area contributed by atoms with E-state index < -0.39 is 17.5 Å². The summed E-state index contributed by atoms with van der Waals surface area (Å²) >= 11 is 0. The highest BCUT2D eigenvalue weighted by Gasteiger charge is 2.50. The van der Waals surface area contributed by atoms with Gasteiger partial charge in [0.15, 0.2) is 5.54 Å². The molecule has 0 aliphatic carbocycles. The van der Waals surface area contributed by atoms with Crippen LogP contribution >= 0.6 is 0 Å². The summed E-state index contributed by atoms with van der Waals surface area (Å²) < 4.78 is 5.52. The summed E-state index contributed by atoms with van der Waals surface area (Å²) in [4.78, 5) is 43.9. The Bertz CT molecular complexity index is 1240. The third-order valence-corrected chi connectivity index (χ3v) is 6.03. The molecular weight excluding hydrogens is 420 g/mol. The van der Waals surface area contributed by atoms with Crippen LogP contribution in [0.4, 0.5) is 4.79 Å². The number of carbonyl (C=O) groups is 3. The topological polar surface area (TPSA) is 101 Å². The molecule has 8 heteroatoms. The molecule has 5 rings (SSSR count). The van der Waals surface area contributed by atoms with E-state index in [1.807, 2.05) is 55.5 Å². The van der Waals surface area contributed by atoms with E-state index in [1.54, 1.807) is 23.4 Å². The summed E-state index contributed by atoms with van der Waals surface area (Å²) in [7, 11) is 0. The Morgan fingerprint density at radius 3 is 2.39 bits per heavy atom. The van der Waals surface area contributed by atoms with Crippen LogP contribution in [-0.4, -0.2) is 40.9 Å².